The second-order valence-corrected chi connectivity index (χ2v) is 4.28. The molecule has 0 spiro atoms. The summed E-state index contributed by atoms with van der Waals surface area (Å²) in [7, 11) is 1.24. The van der Waals surface area contributed by atoms with Gasteiger partial charge in [0.05, 0.1) is 12.7 Å². The first-order chi connectivity index (χ1) is 9.02. The summed E-state index contributed by atoms with van der Waals surface area (Å²) >= 11 is 5.80. The molecule has 19 heavy (non-hydrogen) atoms. The van der Waals surface area contributed by atoms with Gasteiger partial charge in [-0.25, -0.2) is 9.18 Å². The van der Waals surface area contributed by atoms with Gasteiger partial charge in [0, 0.05) is 16.1 Å². The number of aromatic hydroxyl groups is 1. The van der Waals surface area contributed by atoms with E-state index in [9.17, 15) is 14.3 Å². The molecule has 0 fully saturated rings. The van der Waals surface area contributed by atoms with Crippen molar-refractivity contribution >= 4 is 17.6 Å². The van der Waals surface area contributed by atoms with Crippen molar-refractivity contribution in [2.24, 2.45) is 0 Å². The summed E-state index contributed by atoms with van der Waals surface area (Å²) in [6.45, 7) is 0. The number of carbonyl (C=O) groups is 1. The van der Waals surface area contributed by atoms with Crippen molar-refractivity contribution in [1.29, 1.82) is 0 Å². The fourth-order valence-electron chi connectivity index (χ4n) is 1.71. The first-order valence-electron chi connectivity index (χ1n) is 5.39. The largest absolute Gasteiger partial charge is 0.507 e. The summed E-state index contributed by atoms with van der Waals surface area (Å²) in [6.07, 6.45) is 0. The van der Waals surface area contributed by atoms with Crippen LogP contribution in [0.2, 0.25) is 5.02 Å². The van der Waals surface area contributed by atoms with Gasteiger partial charge in [0.25, 0.3) is 0 Å². The number of halogens is 2. The van der Waals surface area contributed by atoms with E-state index in [1.807, 2.05) is 0 Å². The van der Waals surface area contributed by atoms with Gasteiger partial charge in [-0.05, 0) is 36.4 Å². The molecule has 2 aromatic rings. The number of esters is 1. The summed E-state index contributed by atoms with van der Waals surface area (Å²) in [6, 6.07) is 8.15. The van der Waals surface area contributed by atoms with E-state index in [2.05, 4.69) is 4.74 Å². The number of hydrogen-bond acceptors (Lipinski definition) is 3. The van der Waals surface area contributed by atoms with Crippen molar-refractivity contribution in [1.82, 2.24) is 0 Å². The summed E-state index contributed by atoms with van der Waals surface area (Å²) in [4.78, 5) is 11.3. The fourth-order valence-corrected chi connectivity index (χ4v) is 1.88. The molecular formula is C14H10ClFO3. The number of phenols is 1. The van der Waals surface area contributed by atoms with Crippen LogP contribution in [-0.2, 0) is 4.74 Å². The van der Waals surface area contributed by atoms with Gasteiger partial charge in [-0.2, -0.15) is 0 Å². The number of ether oxygens (including phenoxy) is 1. The molecule has 0 radical (unpaired) electrons. The summed E-state index contributed by atoms with van der Waals surface area (Å²) in [5, 5.41) is 10.2. The van der Waals surface area contributed by atoms with Gasteiger partial charge in [-0.1, -0.05) is 11.6 Å². The average molecular weight is 281 g/mol. The molecule has 2 rings (SSSR count). The Hall–Kier alpha value is -2.07. The molecule has 3 nitrogen and oxygen atoms in total. The third-order valence-corrected chi connectivity index (χ3v) is 2.87. The first-order valence-corrected chi connectivity index (χ1v) is 5.77. The average Bonchev–Trinajstić information content (AvgIpc) is 2.41. The molecule has 98 valence electrons. The predicted octanol–water partition coefficient (Wildman–Crippen LogP) is 3.64. The Morgan fingerprint density at radius 3 is 2.58 bits per heavy atom. The Labute approximate surface area is 114 Å². The van der Waals surface area contributed by atoms with Crippen LogP contribution in [0.15, 0.2) is 36.4 Å². The fraction of sp³-hybridized carbons (Fsp3) is 0.0714. The maximum absolute atomic E-state index is 13.7. The van der Waals surface area contributed by atoms with E-state index in [4.69, 9.17) is 11.6 Å². The molecule has 2 aromatic carbocycles. The van der Waals surface area contributed by atoms with Crippen LogP contribution in [0.3, 0.4) is 0 Å². The maximum atomic E-state index is 13.7. The number of hydrogen-bond donors (Lipinski definition) is 1. The minimum absolute atomic E-state index is 0.168. The third kappa shape index (κ3) is 2.69. The topological polar surface area (TPSA) is 46.5 Å². The number of phenolic OH excluding ortho intramolecular Hbond substituents is 1. The van der Waals surface area contributed by atoms with Crippen molar-refractivity contribution in [3.05, 3.63) is 52.8 Å². The van der Waals surface area contributed by atoms with E-state index in [1.165, 1.54) is 43.5 Å². The van der Waals surface area contributed by atoms with E-state index in [0.717, 1.165) is 0 Å². The van der Waals surface area contributed by atoms with Crippen LogP contribution in [0.5, 0.6) is 5.75 Å². The minimum Gasteiger partial charge on any atom is -0.507 e. The number of rotatable bonds is 2. The zero-order chi connectivity index (χ0) is 14.0. The Bertz CT molecular complexity index is 641. The van der Waals surface area contributed by atoms with Gasteiger partial charge in [0.1, 0.15) is 11.6 Å². The Kier molecular flexibility index (Phi) is 3.71. The highest BCUT2D eigenvalue weighted by Crippen LogP contribution is 2.33. The lowest BCUT2D eigenvalue weighted by molar-refractivity contribution is 0.0600. The predicted molar refractivity (Wildman–Crippen MR) is 69.9 cm³/mol. The highest BCUT2D eigenvalue weighted by molar-refractivity contribution is 6.30. The van der Waals surface area contributed by atoms with Gasteiger partial charge in [-0.15, -0.1) is 0 Å². The lowest BCUT2D eigenvalue weighted by atomic mass is 10.0. The lowest BCUT2D eigenvalue weighted by Gasteiger charge is -2.08. The zero-order valence-corrected chi connectivity index (χ0v) is 10.7. The van der Waals surface area contributed by atoms with E-state index in [1.54, 1.807) is 0 Å². The quantitative estimate of drug-likeness (QED) is 0.854. The molecule has 0 saturated heterocycles. The van der Waals surface area contributed by atoms with Crippen molar-refractivity contribution in [2.45, 2.75) is 0 Å². The molecule has 0 heterocycles. The van der Waals surface area contributed by atoms with Crippen LogP contribution in [0.1, 0.15) is 10.4 Å². The van der Waals surface area contributed by atoms with Gasteiger partial charge in [-0.3, -0.25) is 0 Å². The SMILES string of the molecule is COC(=O)c1ccc(-c2cc(Cl)ccc2F)c(O)c1. The van der Waals surface area contributed by atoms with Crippen LogP contribution in [0.25, 0.3) is 11.1 Å². The van der Waals surface area contributed by atoms with Gasteiger partial charge >= 0.3 is 5.97 Å². The van der Waals surface area contributed by atoms with Crippen LogP contribution >= 0.6 is 11.6 Å². The molecule has 0 aliphatic heterocycles. The van der Waals surface area contributed by atoms with Gasteiger partial charge < -0.3 is 9.84 Å². The smallest absolute Gasteiger partial charge is 0.337 e. The molecule has 0 aromatic heterocycles. The molecule has 0 amide bonds. The van der Waals surface area contributed by atoms with Crippen molar-refractivity contribution in [2.75, 3.05) is 7.11 Å². The molecule has 1 N–H and O–H groups in total. The second-order valence-electron chi connectivity index (χ2n) is 3.85. The maximum Gasteiger partial charge on any atom is 0.337 e. The third-order valence-electron chi connectivity index (χ3n) is 2.64. The molecule has 5 heteroatoms. The standard InChI is InChI=1S/C14H10ClFO3/c1-19-14(18)8-2-4-10(13(17)6-8)11-7-9(15)3-5-12(11)16/h2-7,17H,1H3. The summed E-state index contributed by atoms with van der Waals surface area (Å²) < 4.78 is 18.2. The van der Waals surface area contributed by atoms with Crippen LogP contribution in [-0.4, -0.2) is 18.2 Å². The molecule has 0 atom stereocenters. The molecule has 0 saturated carbocycles. The number of carbonyl (C=O) groups excluding carboxylic acids is 1. The molecule has 0 aliphatic carbocycles. The van der Waals surface area contributed by atoms with E-state index in [0.29, 0.717) is 5.02 Å². The monoisotopic (exact) mass is 280 g/mol. The molecule has 0 bridgehead atoms. The Morgan fingerprint density at radius 1 is 1.21 bits per heavy atom. The highest BCUT2D eigenvalue weighted by Gasteiger charge is 2.13. The van der Waals surface area contributed by atoms with Crippen LogP contribution in [0, 0.1) is 5.82 Å². The normalized spacial score (nSPS) is 10.3. The number of benzene rings is 2. The molecular weight excluding hydrogens is 271 g/mol. The highest BCUT2D eigenvalue weighted by atomic mass is 35.5. The van der Waals surface area contributed by atoms with Gasteiger partial charge in [0.2, 0.25) is 0 Å². The first kappa shape index (κ1) is 13.4. The van der Waals surface area contributed by atoms with Crippen LogP contribution in [0.4, 0.5) is 4.39 Å². The van der Waals surface area contributed by atoms with E-state index >= 15 is 0 Å². The second kappa shape index (κ2) is 5.28. The molecule has 0 aliphatic rings. The zero-order valence-electron chi connectivity index (χ0n) is 9.98. The number of methoxy groups -OCH3 is 1. The van der Waals surface area contributed by atoms with Crippen LogP contribution < -0.4 is 0 Å². The Balaban J connectivity index is 2.52. The lowest BCUT2D eigenvalue weighted by Crippen LogP contribution is -2.00. The van der Waals surface area contributed by atoms with E-state index < -0.39 is 11.8 Å². The van der Waals surface area contributed by atoms with Crippen molar-refractivity contribution in [3.8, 4) is 16.9 Å². The van der Waals surface area contributed by atoms with E-state index in [-0.39, 0.29) is 22.4 Å². The van der Waals surface area contributed by atoms with Crippen molar-refractivity contribution < 1.29 is 19.0 Å². The molecule has 0 unspecified atom stereocenters. The van der Waals surface area contributed by atoms with Crippen molar-refractivity contribution in [3.63, 3.8) is 0 Å². The summed E-state index contributed by atoms with van der Waals surface area (Å²) in [5.41, 5.74) is 0.611. The minimum atomic E-state index is -0.576. The van der Waals surface area contributed by atoms with Gasteiger partial charge in [0.15, 0.2) is 0 Å². The summed E-state index contributed by atoms with van der Waals surface area (Å²) in [5.74, 6) is -1.30. The Morgan fingerprint density at radius 2 is 1.95 bits per heavy atom.